The Morgan fingerprint density at radius 3 is 2.50 bits per heavy atom. The first-order valence-corrected chi connectivity index (χ1v) is 10.2. The molecule has 4 N–H and O–H groups in total. The summed E-state index contributed by atoms with van der Waals surface area (Å²) in [6, 6.07) is 6.61. The smallest absolute Gasteiger partial charge is 0.261 e. The molecule has 1 aliphatic carbocycles. The molecule has 8 heteroatoms. The molecule has 0 saturated heterocycles. The molecule has 0 aromatic heterocycles. The number of rotatable bonds is 7. The fraction of sp³-hybridized carbons (Fsp3) is 0.550. The van der Waals surface area contributed by atoms with Crippen molar-refractivity contribution in [2.24, 2.45) is 5.92 Å². The number of carbonyl (C=O) groups is 2. The summed E-state index contributed by atoms with van der Waals surface area (Å²) in [5, 5.41) is 6.37. The van der Waals surface area contributed by atoms with Crippen LogP contribution in [0.4, 0.5) is 0 Å². The number of benzene rings is 1. The molecule has 154 valence electrons. The van der Waals surface area contributed by atoms with Crippen molar-refractivity contribution in [2.45, 2.75) is 58.5 Å². The maximum Gasteiger partial charge on any atom is 0.261 e. The zero-order chi connectivity index (χ0) is 20.5. The van der Waals surface area contributed by atoms with Crippen molar-refractivity contribution in [1.29, 1.82) is 0 Å². The van der Waals surface area contributed by atoms with Crippen LogP contribution in [0.5, 0.6) is 5.75 Å². The number of amides is 2. The second kappa shape index (κ2) is 10.8. The minimum atomic E-state index is -0.719. The second-order valence-electron chi connectivity index (χ2n) is 7.19. The quantitative estimate of drug-likeness (QED) is 0.410. The third-order valence-electron chi connectivity index (χ3n) is 4.66. The SMILES string of the molecule is CCOc1ccccc1C(=O)N[C@H](C(=O)NNC(=S)NC1CCCC1)C(C)C. The Hall–Kier alpha value is -2.35. The summed E-state index contributed by atoms with van der Waals surface area (Å²) >= 11 is 5.23. The van der Waals surface area contributed by atoms with Gasteiger partial charge in [-0.1, -0.05) is 38.8 Å². The molecule has 2 rings (SSSR count). The molecule has 0 radical (unpaired) electrons. The predicted molar refractivity (Wildman–Crippen MR) is 113 cm³/mol. The monoisotopic (exact) mass is 406 g/mol. The highest BCUT2D eigenvalue weighted by molar-refractivity contribution is 7.80. The molecule has 0 bridgehead atoms. The maximum atomic E-state index is 12.7. The van der Waals surface area contributed by atoms with Crippen LogP contribution in [0.3, 0.4) is 0 Å². The van der Waals surface area contributed by atoms with E-state index < -0.39 is 6.04 Å². The summed E-state index contributed by atoms with van der Waals surface area (Å²) in [4.78, 5) is 25.3. The van der Waals surface area contributed by atoms with Gasteiger partial charge in [-0.15, -0.1) is 0 Å². The van der Waals surface area contributed by atoms with Crippen molar-refractivity contribution in [3.05, 3.63) is 29.8 Å². The lowest BCUT2D eigenvalue weighted by Crippen LogP contribution is -2.56. The Morgan fingerprint density at radius 1 is 1.18 bits per heavy atom. The van der Waals surface area contributed by atoms with Gasteiger partial charge in [-0.2, -0.15) is 0 Å². The average Bonchev–Trinajstić information content (AvgIpc) is 3.17. The van der Waals surface area contributed by atoms with Crippen molar-refractivity contribution >= 4 is 29.1 Å². The molecule has 1 saturated carbocycles. The van der Waals surface area contributed by atoms with Crippen molar-refractivity contribution in [3.8, 4) is 5.75 Å². The van der Waals surface area contributed by atoms with Gasteiger partial charge in [0.2, 0.25) is 0 Å². The lowest BCUT2D eigenvalue weighted by molar-refractivity contribution is -0.124. The molecule has 0 heterocycles. The molecule has 1 aromatic carbocycles. The average molecular weight is 407 g/mol. The maximum absolute atomic E-state index is 12.7. The Morgan fingerprint density at radius 2 is 1.86 bits per heavy atom. The fourth-order valence-corrected chi connectivity index (χ4v) is 3.39. The molecule has 1 atom stereocenters. The number of para-hydroxylation sites is 1. The number of ether oxygens (including phenoxy) is 1. The van der Waals surface area contributed by atoms with Gasteiger partial charge in [0.05, 0.1) is 12.2 Å². The highest BCUT2D eigenvalue weighted by atomic mass is 32.1. The molecule has 0 aliphatic heterocycles. The molecule has 7 nitrogen and oxygen atoms in total. The summed E-state index contributed by atoms with van der Waals surface area (Å²) in [6.45, 7) is 6.04. The van der Waals surface area contributed by atoms with E-state index in [0.29, 0.717) is 29.1 Å². The lowest BCUT2D eigenvalue weighted by Gasteiger charge is -2.23. The predicted octanol–water partition coefficient (Wildman–Crippen LogP) is 2.28. The lowest BCUT2D eigenvalue weighted by atomic mass is 10.0. The van der Waals surface area contributed by atoms with Gasteiger partial charge in [0.15, 0.2) is 5.11 Å². The number of nitrogens with one attached hydrogen (secondary N) is 4. The van der Waals surface area contributed by atoms with E-state index in [-0.39, 0.29) is 17.7 Å². The molecule has 28 heavy (non-hydrogen) atoms. The van der Waals surface area contributed by atoms with Crippen LogP contribution in [0.25, 0.3) is 0 Å². The van der Waals surface area contributed by atoms with Gasteiger partial charge in [-0.3, -0.25) is 20.4 Å². The summed E-state index contributed by atoms with van der Waals surface area (Å²) in [7, 11) is 0. The van der Waals surface area contributed by atoms with E-state index in [4.69, 9.17) is 17.0 Å². The molecule has 2 amide bonds. The minimum absolute atomic E-state index is 0.110. The Bertz CT molecular complexity index is 690. The van der Waals surface area contributed by atoms with Crippen LogP contribution in [-0.4, -0.2) is 35.6 Å². The van der Waals surface area contributed by atoms with Crippen LogP contribution in [0.15, 0.2) is 24.3 Å². The Balaban J connectivity index is 1.93. The zero-order valence-electron chi connectivity index (χ0n) is 16.7. The van der Waals surface area contributed by atoms with Crippen LogP contribution in [0.1, 0.15) is 56.8 Å². The number of thiocarbonyl (C=S) groups is 1. The summed E-state index contributed by atoms with van der Waals surface area (Å²) in [5.74, 6) is -0.329. The molecule has 1 aromatic rings. The number of hydrazine groups is 1. The summed E-state index contributed by atoms with van der Waals surface area (Å²) in [5.41, 5.74) is 5.73. The fourth-order valence-electron chi connectivity index (χ4n) is 3.18. The van der Waals surface area contributed by atoms with Gasteiger partial charge in [0, 0.05) is 6.04 Å². The normalized spacial score (nSPS) is 15.0. The Labute approximate surface area is 171 Å². The highest BCUT2D eigenvalue weighted by Gasteiger charge is 2.26. The minimum Gasteiger partial charge on any atom is -0.493 e. The molecule has 0 unspecified atom stereocenters. The van der Waals surface area contributed by atoms with Gasteiger partial charge in [-0.05, 0) is 50.0 Å². The van der Waals surface area contributed by atoms with Gasteiger partial charge in [-0.25, -0.2) is 0 Å². The van der Waals surface area contributed by atoms with Gasteiger partial charge in [0.1, 0.15) is 11.8 Å². The van der Waals surface area contributed by atoms with Gasteiger partial charge in [0.25, 0.3) is 11.8 Å². The highest BCUT2D eigenvalue weighted by Crippen LogP contribution is 2.19. The van der Waals surface area contributed by atoms with E-state index in [0.717, 1.165) is 12.8 Å². The van der Waals surface area contributed by atoms with E-state index in [1.807, 2.05) is 20.8 Å². The van der Waals surface area contributed by atoms with Crippen molar-refractivity contribution in [2.75, 3.05) is 6.61 Å². The zero-order valence-corrected chi connectivity index (χ0v) is 17.5. The topological polar surface area (TPSA) is 91.5 Å². The second-order valence-corrected chi connectivity index (χ2v) is 7.60. The van der Waals surface area contributed by atoms with Gasteiger partial charge < -0.3 is 15.4 Å². The van der Waals surface area contributed by atoms with E-state index in [9.17, 15) is 9.59 Å². The summed E-state index contributed by atoms with van der Waals surface area (Å²) in [6.07, 6.45) is 4.55. The third-order valence-corrected chi connectivity index (χ3v) is 4.88. The van der Waals surface area contributed by atoms with Crippen LogP contribution in [0.2, 0.25) is 0 Å². The van der Waals surface area contributed by atoms with Gasteiger partial charge >= 0.3 is 0 Å². The standard InChI is InChI=1S/C20H30N4O3S/c1-4-27-16-12-8-7-11-15(16)18(25)22-17(13(2)3)19(26)23-24-20(28)21-14-9-5-6-10-14/h7-8,11-14,17H,4-6,9-10H2,1-3H3,(H,22,25)(H,23,26)(H2,21,24,28)/t17-/m0/s1. The first-order valence-electron chi connectivity index (χ1n) is 9.81. The Kier molecular flexibility index (Phi) is 8.50. The van der Waals surface area contributed by atoms with Crippen LogP contribution in [-0.2, 0) is 4.79 Å². The van der Waals surface area contributed by atoms with E-state index in [1.54, 1.807) is 24.3 Å². The molecule has 1 aliphatic rings. The van der Waals surface area contributed by atoms with Crippen LogP contribution < -0.4 is 26.2 Å². The number of hydrogen-bond acceptors (Lipinski definition) is 4. The van der Waals surface area contributed by atoms with Crippen molar-refractivity contribution < 1.29 is 14.3 Å². The largest absolute Gasteiger partial charge is 0.493 e. The van der Waals surface area contributed by atoms with E-state index >= 15 is 0 Å². The molecule has 1 fully saturated rings. The van der Waals surface area contributed by atoms with Crippen LogP contribution >= 0.6 is 12.2 Å². The first kappa shape index (κ1) is 21.9. The van der Waals surface area contributed by atoms with E-state index in [2.05, 4.69) is 21.5 Å². The molecular weight excluding hydrogens is 376 g/mol. The molecular formula is C20H30N4O3S. The van der Waals surface area contributed by atoms with Crippen molar-refractivity contribution in [3.63, 3.8) is 0 Å². The number of carbonyl (C=O) groups excluding carboxylic acids is 2. The summed E-state index contributed by atoms with van der Waals surface area (Å²) < 4.78 is 5.50. The third kappa shape index (κ3) is 6.37. The first-order chi connectivity index (χ1) is 13.4. The van der Waals surface area contributed by atoms with E-state index in [1.165, 1.54) is 12.8 Å². The van der Waals surface area contributed by atoms with Crippen LogP contribution in [0, 0.1) is 5.92 Å². The number of hydrogen-bond donors (Lipinski definition) is 4. The van der Waals surface area contributed by atoms with Crippen molar-refractivity contribution in [1.82, 2.24) is 21.5 Å². The molecule has 0 spiro atoms.